The molecule has 0 bridgehead atoms. The van der Waals surface area contributed by atoms with E-state index in [2.05, 4.69) is 11.4 Å². The molecule has 1 N–H and O–H groups in total. The molecule has 0 heterocycles. The highest BCUT2D eigenvalue weighted by molar-refractivity contribution is 8.00. The van der Waals surface area contributed by atoms with Crippen LogP contribution in [-0.2, 0) is 0 Å². The van der Waals surface area contributed by atoms with E-state index in [-0.39, 0.29) is 16.9 Å². The average Bonchev–Trinajstić information content (AvgIpc) is 2.69. The van der Waals surface area contributed by atoms with Crippen LogP contribution < -0.4 is 5.32 Å². The number of carbonyl (C=O) groups excluding carboxylic acids is 1. The molecule has 0 unspecified atom stereocenters. The lowest BCUT2D eigenvalue weighted by Gasteiger charge is -2.29. The van der Waals surface area contributed by atoms with Gasteiger partial charge in [0.15, 0.2) is 0 Å². The van der Waals surface area contributed by atoms with E-state index in [1.165, 1.54) is 0 Å². The lowest BCUT2D eigenvalue weighted by Crippen LogP contribution is -2.42. The standard InChI is InChI=1S/C19H17N3O5S/c23-19(13-10-14(21(24)25)12-15(11-13)22(26)27)20-17-8-4-5-9-18(17)28-16-6-2-1-3-7-16/h1-7,10-12,17-18H,8-9H2,(H,20,23)/t17-,18-/m1/s1. The highest BCUT2D eigenvalue weighted by Crippen LogP contribution is 2.31. The van der Waals surface area contributed by atoms with Crippen molar-refractivity contribution in [1.82, 2.24) is 5.32 Å². The summed E-state index contributed by atoms with van der Waals surface area (Å²) in [5, 5.41) is 25.0. The molecule has 1 aliphatic rings. The van der Waals surface area contributed by atoms with Gasteiger partial charge in [-0.1, -0.05) is 30.4 Å². The molecule has 2 aromatic carbocycles. The Bertz CT molecular complexity index is 900. The van der Waals surface area contributed by atoms with E-state index in [0.717, 1.165) is 29.5 Å². The molecule has 0 spiro atoms. The quantitative estimate of drug-likeness (QED) is 0.444. The molecule has 0 radical (unpaired) electrons. The molecule has 0 aromatic heterocycles. The van der Waals surface area contributed by atoms with Gasteiger partial charge in [0, 0.05) is 28.3 Å². The average molecular weight is 399 g/mol. The Morgan fingerprint density at radius 1 is 0.964 bits per heavy atom. The summed E-state index contributed by atoms with van der Waals surface area (Å²) in [4.78, 5) is 34.3. The van der Waals surface area contributed by atoms with Crippen LogP contribution in [0.5, 0.6) is 0 Å². The summed E-state index contributed by atoms with van der Waals surface area (Å²) in [7, 11) is 0. The van der Waals surface area contributed by atoms with Crippen LogP contribution in [0.1, 0.15) is 23.2 Å². The normalized spacial score (nSPS) is 18.4. The first-order valence-corrected chi connectivity index (χ1v) is 9.43. The van der Waals surface area contributed by atoms with E-state index in [9.17, 15) is 25.0 Å². The van der Waals surface area contributed by atoms with Gasteiger partial charge in [-0.25, -0.2) is 0 Å². The van der Waals surface area contributed by atoms with Gasteiger partial charge in [-0.15, -0.1) is 11.8 Å². The van der Waals surface area contributed by atoms with E-state index in [0.29, 0.717) is 6.42 Å². The van der Waals surface area contributed by atoms with Gasteiger partial charge < -0.3 is 5.32 Å². The van der Waals surface area contributed by atoms with Crippen molar-refractivity contribution in [2.75, 3.05) is 0 Å². The van der Waals surface area contributed by atoms with Gasteiger partial charge in [0.2, 0.25) is 0 Å². The minimum absolute atomic E-state index is 0.0880. The van der Waals surface area contributed by atoms with Crippen molar-refractivity contribution in [2.24, 2.45) is 0 Å². The van der Waals surface area contributed by atoms with E-state index >= 15 is 0 Å². The third-order valence-corrected chi connectivity index (χ3v) is 5.68. The van der Waals surface area contributed by atoms with Crippen molar-refractivity contribution < 1.29 is 14.6 Å². The Morgan fingerprint density at radius 3 is 2.18 bits per heavy atom. The molecular formula is C19H17N3O5S. The summed E-state index contributed by atoms with van der Waals surface area (Å²) in [5.41, 5.74) is -1.07. The number of non-ortho nitro benzene ring substituents is 2. The first kappa shape index (κ1) is 19.6. The van der Waals surface area contributed by atoms with Crippen molar-refractivity contribution in [3.8, 4) is 0 Å². The molecule has 2 atom stereocenters. The van der Waals surface area contributed by atoms with Gasteiger partial charge in [0.1, 0.15) is 0 Å². The van der Waals surface area contributed by atoms with Gasteiger partial charge >= 0.3 is 0 Å². The smallest absolute Gasteiger partial charge is 0.277 e. The highest BCUT2D eigenvalue weighted by Gasteiger charge is 2.27. The van der Waals surface area contributed by atoms with E-state index in [4.69, 9.17) is 0 Å². The van der Waals surface area contributed by atoms with Gasteiger partial charge in [-0.3, -0.25) is 25.0 Å². The van der Waals surface area contributed by atoms with Crippen LogP contribution in [0.15, 0.2) is 65.6 Å². The Kier molecular flexibility index (Phi) is 6.05. The van der Waals surface area contributed by atoms with Crippen molar-refractivity contribution >= 4 is 29.0 Å². The van der Waals surface area contributed by atoms with Crippen molar-refractivity contribution in [3.63, 3.8) is 0 Å². The number of amides is 1. The van der Waals surface area contributed by atoms with Crippen LogP contribution in [0.25, 0.3) is 0 Å². The molecule has 1 amide bonds. The van der Waals surface area contributed by atoms with Crippen LogP contribution in [-0.4, -0.2) is 27.0 Å². The van der Waals surface area contributed by atoms with Crippen LogP contribution in [0.4, 0.5) is 11.4 Å². The molecule has 1 aliphatic carbocycles. The number of nitro groups is 2. The second kappa shape index (κ2) is 8.66. The molecule has 3 rings (SSSR count). The third-order valence-electron chi connectivity index (χ3n) is 4.31. The summed E-state index contributed by atoms with van der Waals surface area (Å²) in [6, 6.07) is 12.6. The number of nitro benzene ring substituents is 2. The molecular weight excluding hydrogens is 382 g/mol. The Labute approximate surface area is 164 Å². The molecule has 9 heteroatoms. The summed E-state index contributed by atoms with van der Waals surface area (Å²) in [6.45, 7) is 0. The largest absolute Gasteiger partial charge is 0.348 e. The van der Waals surface area contributed by atoms with Crippen molar-refractivity contribution in [1.29, 1.82) is 0 Å². The van der Waals surface area contributed by atoms with Gasteiger partial charge in [0.05, 0.1) is 21.5 Å². The summed E-state index contributed by atoms with van der Waals surface area (Å²) in [5.74, 6) is -0.564. The van der Waals surface area contributed by atoms with E-state index in [1.54, 1.807) is 11.8 Å². The second-order valence-corrected chi connectivity index (χ2v) is 7.56. The number of carbonyl (C=O) groups is 1. The number of hydrogen-bond donors (Lipinski definition) is 1. The molecule has 2 aromatic rings. The van der Waals surface area contributed by atoms with Crippen LogP contribution in [0, 0.1) is 20.2 Å². The van der Waals surface area contributed by atoms with Crippen LogP contribution in [0.2, 0.25) is 0 Å². The molecule has 144 valence electrons. The fraction of sp³-hybridized carbons (Fsp3) is 0.211. The zero-order valence-corrected chi connectivity index (χ0v) is 15.5. The van der Waals surface area contributed by atoms with Crippen LogP contribution in [0.3, 0.4) is 0 Å². The fourth-order valence-corrected chi connectivity index (χ4v) is 4.15. The predicted molar refractivity (Wildman–Crippen MR) is 105 cm³/mol. The zero-order valence-electron chi connectivity index (χ0n) is 14.7. The highest BCUT2D eigenvalue weighted by atomic mass is 32.2. The number of allylic oxidation sites excluding steroid dienone is 1. The Balaban J connectivity index is 1.79. The third kappa shape index (κ3) is 4.74. The number of thioether (sulfide) groups is 1. The second-order valence-electron chi connectivity index (χ2n) is 6.24. The number of hydrogen-bond acceptors (Lipinski definition) is 6. The zero-order chi connectivity index (χ0) is 20.1. The summed E-state index contributed by atoms with van der Waals surface area (Å²) in [6.07, 6.45) is 5.41. The Morgan fingerprint density at radius 2 is 1.57 bits per heavy atom. The summed E-state index contributed by atoms with van der Waals surface area (Å²) >= 11 is 1.64. The van der Waals surface area contributed by atoms with Gasteiger partial charge in [0.25, 0.3) is 17.3 Å². The number of benzene rings is 2. The maximum Gasteiger partial charge on any atom is 0.277 e. The number of nitrogens with zero attached hydrogens (tertiary/aromatic N) is 2. The predicted octanol–water partition coefficient (Wildman–Crippen LogP) is 4.11. The fourth-order valence-electron chi connectivity index (χ4n) is 2.93. The molecule has 0 saturated heterocycles. The number of nitrogens with one attached hydrogen (secondary N) is 1. The van der Waals surface area contributed by atoms with Crippen molar-refractivity contribution in [3.05, 3.63) is 86.5 Å². The topological polar surface area (TPSA) is 115 Å². The first-order chi connectivity index (χ1) is 13.4. The maximum atomic E-state index is 12.7. The van der Waals surface area contributed by atoms with Crippen molar-refractivity contribution in [2.45, 2.75) is 29.0 Å². The molecule has 0 fully saturated rings. The van der Waals surface area contributed by atoms with Gasteiger partial charge in [-0.2, -0.15) is 0 Å². The van der Waals surface area contributed by atoms with E-state index < -0.39 is 27.1 Å². The molecule has 0 aliphatic heterocycles. The molecule has 0 saturated carbocycles. The van der Waals surface area contributed by atoms with E-state index in [1.807, 2.05) is 36.4 Å². The minimum Gasteiger partial charge on any atom is -0.348 e. The lowest BCUT2D eigenvalue weighted by atomic mass is 10.0. The van der Waals surface area contributed by atoms with Crippen LogP contribution >= 0.6 is 11.8 Å². The monoisotopic (exact) mass is 399 g/mol. The van der Waals surface area contributed by atoms with Gasteiger partial charge in [-0.05, 0) is 25.0 Å². The maximum absolute atomic E-state index is 12.7. The summed E-state index contributed by atoms with van der Waals surface area (Å²) < 4.78 is 0. The SMILES string of the molecule is O=C(N[C@@H]1CC=CC[C@H]1Sc1ccccc1)c1cc([N+](=O)[O-])cc([N+](=O)[O-])c1. The first-order valence-electron chi connectivity index (χ1n) is 8.55. The molecule has 28 heavy (non-hydrogen) atoms. The lowest BCUT2D eigenvalue weighted by molar-refractivity contribution is -0.394. The molecule has 8 nitrogen and oxygen atoms in total. The number of rotatable bonds is 6. The Hall–Kier alpha value is -3.20. The minimum atomic E-state index is -0.749.